The Labute approximate surface area is 229 Å². The fraction of sp³-hybridized carbons (Fsp3) is 0.906. The van der Waals surface area contributed by atoms with E-state index in [1.807, 2.05) is 0 Å². The first-order valence-corrected chi connectivity index (χ1v) is 16.0. The number of carbonyl (C=O) groups is 1. The van der Waals surface area contributed by atoms with Gasteiger partial charge < -0.3 is 20.6 Å². The normalized spacial score (nSPS) is 14.2. The van der Waals surface area contributed by atoms with Gasteiger partial charge in [0.25, 0.3) is 0 Å². The van der Waals surface area contributed by atoms with Gasteiger partial charge in [0.05, 0.1) is 18.8 Å². The molecule has 0 aromatic heterocycles. The monoisotopic (exact) mass is 525 g/mol. The largest absolute Gasteiger partial charge is 0.394 e. The predicted molar refractivity (Wildman–Crippen MR) is 158 cm³/mol. The number of aliphatic hydroxyl groups excluding tert-OH is 3. The molecule has 0 saturated heterocycles. The van der Waals surface area contributed by atoms with Gasteiger partial charge in [-0.3, -0.25) is 4.79 Å². The van der Waals surface area contributed by atoms with Crippen LogP contribution in [0.25, 0.3) is 0 Å². The SMILES string of the molecule is CCCCCC/C=C\CCCCCCCCC(O)C(=O)NC(CO)C(O)CCCCCCCCCCC. The Balaban J connectivity index is 3.74. The molecule has 3 unspecified atom stereocenters. The second-order valence-electron chi connectivity index (χ2n) is 11.0. The van der Waals surface area contributed by atoms with E-state index in [1.54, 1.807) is 0 Å². The van der Waals surface area contributed by atoms with Gasteiger partial charge in [-0.25, -0.2) is 0 Å². The van der Waals surface area contributed by atoms with Gasteiger partial charge in [0.1, 0.15) is 6.10 Å². The zero-order chi connectivity index (χ0) is 27.4. The van der Waals surface area contributed by atoms with E-state index in [9.17, 15) is 20.1 Å². The highest BCUT2D eigenvalue weighted by atomic mass is 16.3. The molecule has 0 aromatic carbocycles. The van der Waals surface area contributed by atoms with Crippen LogP contribution in [0.15, 0.2) is 12.2 Å². The summed E-state index contributed by atoms with van der Waals surface area (Å²) in [5, 5.41) is 32.9. The van der Waals surface area contributed by atoms with Gasteiger partial charge in [0.15, 0.2) is 0 Å². The maximum Gasteiger partial charge on any atom is 0.249 e. The zero-order valence-electron chi connectivity index (χ0n) is 24.6. The van der Waals surface area contributed by atoms with Gasteiger partial charge in [0.2, 0.25) is 5.91 Å². The number of allylic oxidation sites excluding steroid dienone is 2. The third-order valence-electron chi connectivity index (χ3n) is 7.38. The van der Waals surface area contributed by atoms with Crippen LogP contribution in [-0.2, 0) is 4.79 Å². The lowest BCUT2D eigenvalue weighted by Crippen LogP contribution is -2.49. The first-order chi connectivity index (χ1) is 18.1. The highest BCUT2D eigenvalue weighted by molar-refractivity contribution is 5.80. The van der Waals surface area contributed by atoms with Crippen molar-refractivity contribution in [1.29, 1.82) is 0 Å². The van der Waals surface area contributed by atoms with Gasteiger partial charge in [-0.15, -0.1) is 0 Å². The molecule has 0 rings (SSSR count). The lowest BCUT2D eigenvalue weighted by molar-refractivity contribution is -0.131. The Morgan fingerprint density at radius 2 is 1.03 bits per heavy atom. The number of carbonyl (C=O) groups excluding carboxylic acids is 1. The topological polar surface area (TPSA) is 89.8 Å². The van der Waals surface area contributed by atoms with Gasteiger partial charge in [-0.05, 0) is 38.5 Å². The van der Waals surface area contributed by atoms with Crippen LogP contribution >= 0.6 is 0 Å². The van der Waals surface area contributed by atoms with Crippen molar-refractivity contribution < 1.29 is 20.1 Å². The molecule has 0 aliphatic carbocycles. The minimum Gasteiger partial charge on any atom is -0.394 e. The molecule has 0 radical (unpaired) electrons. The molecule has 220 valence electrons. The summed E-state index contributed by atoms with van der Waals surface area (Å²) in [6, 6.07) is -0.707. The van der Waals surface area contributed by atoms with Crippen molar-refractivity contribution in [3.05, 3.63) is 12.2 Å². The highest BCUT2D eigenvalue weighted by Crippen LogP contribution is 2.14. The first kappa shape index (κ1) is 36.1. The molecule has 5 nitrogen and oxygen atoms in total. The lowest BCUT2D eigenvalue weighted by Gasteiger charge is -2.23. The van der Waals surface area contributed by atoms with Crippen LogP contribution in [0.4, 0.5) is 0 Å². The second kappa shape index (κ2) is 28.1. The van der Waals surface area contributed by atoms with Gasteiger partial charge in [0, 0.05) is 0 Å². The molecule has 0 aliphatic rings. The van der Waals surface area contributed by atoms with Gasteiger partial charge in [-0.1, -0.05) is 135 Å². The Morgan fingerprint density at radius 3 is 1.51 bits per heavy atom. The van der Waals surface area contributed by atoms with Crippen LogP contribution in [-0.4, -0.2) is 46.1 Å². The summed E-state index contributed by atoms with van der Waals surface area (Å²) >= 11 is 0. The van der Waals surface area contributed by atoms with Crippen molar-refractivity contribution in [2.75, 3.05) is 6.61 Å². The summed E-state index contributed by atoms with van der Waals surface area (Å²) in [4.78, 5) is 12.3. The van der Waals surface area contributed by atoms with E-state index in [-0.39, 0.29) is 6.61 Å². The van der Waals surface area contributed by atoms with Crippen molar-refractivity contribution in [2.24, 2.45) is 0 Å². The van der Waals surface area contributed by atoms with Crippen molar-refractivity contribution >= 4 is 5.91 Å². The molecule has 0 bridgehead atoms. The predicted octanol–water partition coefficient (Wildman–Crippen LogP) is 7.75. The van der Waals surface area contributed by atoms with E-state index in [1.165, 1.54) is 103 Å². The molecule has 3 atom stereocenters. The standard InChI is InChI=1S/C32H63NO4/c1-3-5-7-9-11-13-14-15-16-17-19-21-23-25-27-31(36)32(37)33-29(28-34)30(35)26-24-22-20-18-12-10-8-6-4-2/h13-14,29-31,34-36H,3-12,15-28H2,1-2H3,(H,33,37)/b14-13-. The summed E-state index contributed by atoms with van der Waals surface area (Å²) in [6.45, 7) is 4.16. The van der Waals surface area contributed by atoms with Crippen LogP contribution < -0.4 is 5.32 Å². The molecular weight excluding hydrogens is 462 g/mol. The highest BCUT2D eigenvalue weighted by Gasteiger charge is 2.23. The number of unbranched alkanes of at least 4 members (excludes halogenated alkanes) is 18. The molecule has 0 spiro atoms. The number of hydrogen-bond donors (Lipinski definition) is 4. The number of aliphatic hydroxyl groups is 3. The average Bonchev–Trinajstić information content (AvgIpc) is 2.90. The third kappa shape index (κ3) is 23.9. The second-order valence-corrected chi connectivity index (χ2v) is 11.0. The molecule has 0 fully saturated rings. The minimum atomic E-state index is -1.07. The molecule has 4 N–H and O–H groups in total. The van der Waals surface area contributed by atoms with Crippen LogP contribution in [0.3, 0.4) is 0 Å². The minimum absolute atomic E-state index is 0.314. The van der Waals surface area contributed by atoms with Crippen LogP contribution in [0, 0.1) is 0 Å². The number of nitrogens with one attached hydrogen (secondary N) is 1. The van der Waals surface area contributed by atoms with Crippen molar-refractivity contribution in [2.45, 2.75) is 180 Å². The summed E-state index contributed by atoms with van der Waals surface area (Å²) in [5.74, 6) is -0.480. The Bertz CT molecular complexity index is 511. The number of amides is 1. The fourth-order valence-corrected chi connectivity index (χ4v) is 4.77. The molecule has 0 aliphatic heterocycles. The van der Waals surface area contributed by atoms with Crippen LogP contribution in [0.2, 0.25) is 0 Å². The van der Waals surface area contributed by atoms with Crippen LogP contribution in [0.5, 0.6) is 0 Å². The quantitative estimate of drug-likeness (QED) is 0.0621. The summed E-state index contributed by atoms with van der Waals surface area (Å²) in [5.41, 5.74) is 0. The average molecular weight is 526 g/mol. The zero-order valence-corrected chi connectivity index (χ0v) is 24.6. The molecule has 5 heteroatoms. The smallest absolute Gasteiger partial charge is 0.249 e. The van der Waals surface area contributed by atoms with Crippen molar-refractivity contribution in [3.63, 3.8) is 0 Å². The van der Waals surface area contributed by atoms with Gasteiger partial charge in [-0.2, -0.15) is 0 Å². The Kier molecular flexibility index (Phi) is 27.4. The van der Waals surface area contributed by atoms with E-state index >= 15 is 0 Å². The van der Waals surface area contributed by atoms with E-state index in [2.05, 4.69) is 31.3 Å². The lowest BCUT2D eigenvalue weighted by atomic mass is 10.0. The Hall–Kier alpha value is -0.910. The maximum atomic E-state index is 12.3. The Morgan fingerprint density at radius 1 is 0.622 bits per heavy atom. The molecule has 1 amide bonds. The molecule has 0 saturated carbocycles. The molecule has 0 heterocycles. The maximum absolute atomic E-state index is 12.3. The van der Waals surface area contributed by atoms with E-state index < -0.39 is 24.2 Å². The molecule has 0 aromatic rings. The number of hydrogen-bond acceptors (Lipinski definition) is 4. The van der Waals surface area contributed by atoms with Crippen molar-refractivity contribution in [1.82, 2.24) is 5.32 Å². The summed E-state index contributed by atoms with van der Waals surface area (Å²) < 4.78 is 0. The molecule has 37 heavy (non-hydrogen) atoms. The summed E-state index contributed by atoms with van der Waals surface area (Å²) in [7, 11) is 0. The first-order valence-electron chi connectivity index (χ1n) is 16.0. The van der Waals surface area contributed by atoms with E-state index in [0.717, 1.165) is 32.1 Å². The third-order valence-corrected chi connectivity index (χ3v) is 7.38. The summed E-state index contributed by atoms with van der Waals surface area (Å²) in [6.07, 6.45) is 29.0. The fourth-order valence-electron chi connectivity index (χ4n) is 4.77. The molecular formula is C32H63NO4. The van der Waals surface area contributed by atoms with Crippen molar-refractivity contribution in [3.8, 4) is 0 Å². The van der Waals surface area contributed by atoms with Crippen LogP contribution in [0.1, 0.15) is 162 Å². The van der Waals surface area contributed by atoms with Gasteiger partial charge >= 0.3 is 0 Å². The van der Waals surface area contributed by atoms with E-state index in [0.29, 0.717) is 12.8 Å². The number of rotatable bonds is 28. The van der Waals surface area contributed by atoms with E-state index in [4.69, 9.17) is 0 Å².